The quantitative estimate of drug-likeness (QED) is 0.502. The predicted molar refractivity (Wildman–Crippen MR) is 102 cm³/mol. The number of rotatable bonds is 3. The minimum atomic E-state index is 0.874. The largest absolute Gasteiger partial charge is 0.353 e. The minimum absolute atomic E-state index is 0.874. The fourth-order valence-electron chi connectivity index (χ4n) is 3.20. The van der Waals surface area contributed by atoms with E-state index in [4.69, 9.17) is 0 Å². The zero-order chi connectivity index (χ0) is 17.3. The van der Waals surface area contributed by atoms with Crippen molar-refractivity contribution in [3.05, 3.63) is 79.4 Å². The highest BCUT2D eigenvalue weighted by molar-refractivity contribution is 5.97. The molecule has 0 aliphatic rings. The van der Waals surface area contributed by atoms with Gasteiger partial charge in [-0.15, -0.1) is 0 Å². The highest BCUT2D eigenvalue weighted by Crippen LogP contribution is 2.32. The first kappa shape index (κ1) is 14.6. The van der Waals surface area contributed by atoms with Crippen LogP contribution < -0.4 is 0 Å². The summed E-state index contributed by atoms with van der Waals surface area (Å²) in [6.45, 7) is 0. The van der Waals surface area contributed by atoms with Crippen LogP contribution in [-0.4, -0.2) is 25.1 Å². The molecule has 0 aliphatic heterocycles. The normalized spacial score (nSPS) is 11.1. The Morgan fingerprint density at radius 3 is 2.31 bits per heavy atom. The van der Waals surface area contributed by atoms with Crippen molar-refractivity contribution in [1.29, 1.82) is 0 Å². The molecule has 0 amide bonds. The zero-order valence-corrected chi connectivity index (χ0v) is 13.8. The highest BCUT2D eigenvalue weighted by Gasteiger charge is 2.11. The Kier molecular flexibility index (Phi) is 3.35. The standard InChI is InChI=1S/C21H15N5/c1-6-16(14-4-2-8-22-12-14)17-10-20(24-18(17)7-1)21-11-19(25-26-21)15-5-3-9-23-13-15/h1-13,24H,(H,25,26). The van der Waals surface area contributed by atoms with E-state index in [1.165, 1.54) is 0 Å². The van der Waals surface area contributed by atoms with Gasteiger partial charge in [-0.05, 0) is 42.0 Å². The van der Waals surface area contributed by atoms with Gasteiger partial charge in [0.1, 0.15) is 0 Å². The van der Waals surface area contributed by atoms with E-state index < -0.39 is 0 Å². The van der Waals surface area contributed by atoms with Crippen molar-refractivity contribution in [1.82, 2.24) is 25.1 Å². The molecule has 0 unspecified atom stereocenters. The summed E-state index contributed by atoms with van der Waals surface area (Å²) in [5.74, 6) is 0. The smallest absolute Gasteiger partial charge is 0.0943 e. The number of nitrogens with one attached hydrogen (secondary N) is 2. The van der Waals surface area contributed by atoms with Gasteiger partial charge in [-0.2, -0.15) is 5.10 Å². The van der Waals surface area contributed by atoms with Crippen LogP contribution in [-0.2, 0) is 0 Å². The fraction of sp³-hybridized carbons (Fsp3) is 0. The monoisotopic (exact) mass is 337 g/mol. The van der Waals surface area contributed by atoms with Crippen molar-refractivity contribution < 1.29 is 0 Å². The molecule has 0 aliphatic carbocycles. The van der Waals surface area contributed by atoms with Crippen LogP contribution >= 0.6 is 0 Å². The lowest BCUT2D eigenvalue weighted by atomic mass is 10.0. The molecule has 5 heteroatoms. The third-order valence-corrected chi connectivity index (χ3v) is 4.46. The van der Waals surface area contributed by atoms with Crippen molar-refractivity contribution in [3.8, 4) is 33.8 Å². The van der Waals surface area contributed by atoms with Crippen LogP contribution in [0.2, 0.25) is 0 Å². The first-order chi connectivity index (χ1) is 12.9. The van der Waals surface area contributed by atoms with E-state index in [1.54, 1.807) is 12.4 Å². The minimum Gasteiger partial charge on any atom is -0.353 e. The van der Waals surface area contributed by atoms with E-state index in [2.05, 4.69) is 55.5 Å². The third-order valence-electron chi connectivity index (χ3n) is 4.46. The Morgan fingerprint density at radius 2 is 1.54 bits per heavy atom. The van der Waals surface area contributed by atoms with E-state index in [9.17, 15) is 0 Å². The number of aromatic nitrogens is 5. The van der Waals surface area contributed by atoms with Gasteiger partial charge >= 0.3 is 0 Å². The summed E-state index contributed by atoms with van der Waals surface area (Å²) in [6, 6.07) is 18.4. The summed E-state index contributed by atoms with van der Waals surface area (Å²) in [6.07, 6.45) is 7.25. The number of aromatic amines is 2. The molecule has 0 saturated heterocycles. The number of H-pyrrole nitrogens is 2. The van der Waals surface area contributed by atoms with Gasteiger partial charge in [0.25, 0.3) is 0 Å². The maximum Gasteiger partial charge on any atom is 0.0943 e. The molecule has 0 spiro atoms. The second-order valence-electron chi connectivity index (χ2n) is 6.10. The lowest BCUT2D eigenvalue weighted by Crippen LogP contribution is -1.79. The zero-order valence-electron chi connectivity index (χ0n) is 13.8. The van der Waals surface area contributed by atoms with Gasteiger partial charge in [0.2, 0.25) is 0 Å². The molecule has 4 heterocycles. The Labute approximate surface area is 149 Å². The number of hydrogen-bond acceptors (Lipinski definition) is 3. The molecule has 2 N–H and O–H groups in total. The second kappa shape index (κ2) is 5.97. The van der Waals surface area contributed by atoms with Gasteiger partial charge < -0.3 is 4.98 Å². The number of hydrogen-bond donors (Lipinski definition) is 2. The number of fused-ring (bicyclic) bond motifs is 1. The summed E-state index contributed by atoms with van der Waals surface area (Å²) in [7, 11) is 0. The molecule has 5 aromatic rings. The molecule has 124 valence electrons. The maximum absolute atomic E-state index is 4.42. The van der Waals surface area contributed by atoms with Crippen molar-refractivity contribution in [2.45, 2.75) is 0 Å². The van der Waals surface area contributed by atoms with Crippen molar-refractivity contribution in [3.63, 3.8) is 0 Å². The van der Waals surface area contributed by atoms with Crippen molar-refractivity contribution in [2.75, 3.05) is 0 Å². The average molecular weight is 337 g/mol. The SMILES string of the molecule is c1cncc(-c2cc(-c3cc4c(-c5cccnc5)cccc4[nH]3)[nH]n2)c1. The fourth-order valence-corrected chi connectivity index (χ4v) is 3.20. The maximum atomic E-state index is 4.42. The van der Waals surface area contributed by atoms with Crippen LogP contribution in [0.15, 0.2) is 79.4 Å². The molecule has 0 saturated carbocycles. The van der Waals surface area contributed by atoms with Crippen LogP contribution in [0.25, 0.3) is 44.7 Å². The Bertz CT molecular complexity index is 1170. The van der Waals surface area contributed by atoms with E-state index >= 15 is 0 Å². The van der Waals surface area contributed by atoms with Gasteiger partial charge in [-0.3, -0.25) is 15.1 Å². The van der Waals surface area contributed by atoms with Crippen LogP contribution in [0, 0.1) is 0 Å². The molecule has 4 aromatic heterocycles. The average Bonchev–Trinajstić information content (AvgIpc) is 3.36. The summed E-state index contributed by atoms with van der Waals surface area (Å²) >= 11 is 0. The molecule has 0 fully saturated rings. The van der Waals surface area contributed by atoms with Gasteiger partial charge in [0.15, 0.2) is 0 Å². The Balaban J connectivity index is 1.60. The van der Waals surface area contributed by atoms with E-state index in [0.717, 1.165) is 44.7 Å². The first-order valence-electron chi connectivity index (χ1n) is 8.37. The Hall–Kier alpha value is -3.73. The van der Waals surface area contributed by atoms with E-state index in [-0.39, 0.29) is 0 Å². The molecule has 0 radical (unpaired) electrons. The summed E-state index contributed by atoms with van der Waals surface area (Å²) in [4.78, 5) is 11.9. The van der Waals surface area contributed by atoms with Crippen molar-refractivity contribution >= 4 is 10.9 Å². The van der Waals surface area contributed by atoms with Gasteiger partial charge in [-0.25, -0.2) is 0 Å². The topological polar surface area (TPSA) is 70.2 Å². The number of benzene rings is 1. The molecule has 5 nitrogen and oxygen atoms in total. The van der Waals surface area contributed by atoms with E-state index in [0.29, 0.717) is 0 Å². The van der Waals surface area contributed by atoms with Gasteiger partial charge in [-0.1, -0.05) is 18.2 Å². The molecule has 1 aromatic carbocycles. The molecular formula is C21H15N5. The second-order valence-corrected chi connectivity index (χ2v) is 6.10. The summed E-state index contributed by atoms with van der Waals surface area (Å²) in [5, 5.41) is 8.70. The summed E-state index contributed by atoms with van der Waals surface area (Å²) < 4.78 is 0. The van der Waals surface area contributed by atoms with Crippen LogP contribution in [0.5, 0.6) is 0 Å². The Morgan fingerprint density at radius 1 is 0.731 bits per heavy atom. The van der Waals surface area contributed by atoms with Crippen LogP contribution in [0.4, 0.5) is 0 Å². The number of pyridine rings is 2. The van der Waals surface area contributed by atoms with Gasteiger partial charge in [0, 0.05) is 46.8 Å². The lowest BCUT2D eigenvalue weighted by Gasteiger charge is -2.02. The molecule has 0 atom stereocenters. The third kappa shape index (κ3) is 2.46. The van der Waals surface area contributed by atoms with Crippen molar-refractivity contribution in [2.24, 2.45) is 0 Å². The predicted octanol–water partition coefficient (Wildman–Crippen LogP) is 4.68. The molecule has 5 rings (SSSR count). The van der Waals surface area contributed by atoms with Crippen LogP contribution in [0.3, 0.4) is 0 Å². The lowest BCUT2D eigenvalue weighted by molar-refractivity contribution is 1.09. The molecule has 26 heavy (non-hydrogen) atoms. The van der Waals surface area contributed by atoms with Gasteiger partial charge in [0.05, 0.1) is 17.1 Å². The first-order valence-corrected chi connectivity index (χ1v) is 8.37. The summed E-state index contributed by atoms with van der Waals surface area (Å²) in [5.41, 5.74) is 7.14. The highest BCUT2D eigenvalue weighted by atomic mass is 15.1. The number of nitrogens with zero attached hydrogens (tertiary/aromatic N) is 3. The molecule has 0 bridgehead atoms. The molecular weight excluding hydrogens is 322 g/mol. The van der Waals surface area contributed by atoms with E-state index in [1.807, 2.05) is 36.7 Å². The van der Waals surface area contributed by atoms with Crippen LogP contribution in [0.1, 0.15) is 0 Å².